The largest absolute Gasteiger partial charge is 0.416 e. The van der Waals surface area contributed by atoms with Crippen molar-refractivity contribution in [2.24, 2.45) is 0 Å². The van der Waals surface area contributed by atoms with Crippen LogP contribution in [0.4, 0.5) is 18.9 Å². The smallest absolute Gasteiger partial charge is 0.341 e. The van der Waals surface area contributed by atoms with E-state index in [-0.39, 0.29) is 5.56 Å². The topological polar surface area (TPSA) is 58.2 Å². The molecule has 0 aliphatic heterocycles. The van der Waals surface area contributed by atoms with E-state index in [1.54, 1.807) is 45.0 Å². The fraction of sp³-hybridized carbons (Fsp3) is 0.333. The van der Waals surface area contributed by atoms with E-state index in [0.29, 0.717) is 16.3 Å². The molecule has 156 valence electrons. The minimum Gasteiger partial charge on any atom is -0.341 e. The molecular formula is C21H22ClF3N2O2. The molecule has 29 heavy (non-hydrogen) atoms. The van der Waals surface area contributed by atoms with Crippen molar-refractivity contribution in [2.75, 3.05) is 5.32 Å². The third-order valence-electron chi connectivity index (χ3n) is 4.24. The number of hydrogen-bond donors (Lipinski definition) is 2. The first kappa shape index (κ1) is 22.7. The Morgan fingerprint density at radius 2 is 1.52 bits per heavy atom. The third kappa shape index (κ3) is 6.22. The van der Waals surface area contributed by atoms with Gasteiger partial charge in [-0.15, -0.1) is 0 Å². The third-order valence-corrected chi connectivity index (χ3v) is 4.49. The second-order valence-electron chi connectivity index (χ2n) is 7.74. The van der Waals surface area contributed by atoms with Gasteiger partial charge in [0.25, 0.3) is 5.91 Å². The number of halogens is 4. The Bertz CT molecular complexity index is 871. The van der Waals surface area contributed by atoms with Crippen LogP contribution in [0.15, 0.2) is 42.5 Å². The summed E-state index contributed by atoms with van der Waals surface area (Å²) in [5, 5.41) is 5.55. The van der Waals surface area contributed by atoms with E-state index in [1.165, 1.54) is 13.0 Å². The molecule has 0 saturated carbocycles. The maximum absolute atomic E-state index is 13.3. The molecule has 0 radical (unpaired) electrons. The van der Waals surface area contributed by atoms with Crippen LogP contribution in [0, 0.1) is 0 Å². The molecule has 0 bridgehead atoms. The number of rotatable bonds is 4. The van der Waals surface area contributed by atoms with Gasteiger partial charge in [-0.2, -0.15) is 13.2 Å². The highest BCUT2D eigenvalue weighted by atomic mass is 35.5. The summed E-state index contributed by atoms with van der Waals surface area (Å²) < 4.78 is 39.8. The molecule has 2 amide bonds. The zero-order chi connectivity index (χ0) is 22.0. The highest BCUT2D eigenvalue weighted by Gasteiger charge is 2.33. The average molecular weight is 427 g/mol. The van der Waals surface area contributed by atoms with Gasteiger partial charge in [0.15, 0.2) is 0 Å². The van der Waals surface area contributed by atoms with Crippen molar-refractivity contribution >= 4 is 29.1 Å². The normalized spacial score (nSPS) is 13.0. The molecule has 2 aromatic carbocycles. The van der Waals surface area contributed by atoms with Crippen LogP contribution in [0.1, 0.15) is 49.2 Å². The average Bonchev–Trinajstić information content (AvgIpc) is 2.61. The van der Waals surface area contributed by atoms with Gasteiger partial charge in [0.05, 0.1) is 5.56 Å². The standard InChI is InChI=1S/C21H22ClF3N2O2/c1-12(18(28)27-17-7-5-16(22)6-8-17)26-19(29)13-9-14(20(2,3)4)11-15(10-13)21(23,24)25/h5-12H,1-4H3,(H,26,29)(H,27,28). The predicted molar refractivity (Wildman–Crippen MR) is 107 cm³/mol. The molecule has 4 nitrogen and oxygen atoms in total. The monoisotopic (exact) mass is 426 g/mol. The van der Waals surface area contributed by atoms with Crippen molar-refractivity contribution in [3.63, 3.8) is 0 Å². The lowest BCUT2D eigenvalue weighted by molar-refractivity contribution is -0.137. The summed E-state index contributed by atoms with van der Waals surface area (Å²) >= 11 is 5.79. The molecule has 0 saturated heterocycles. The molecule has 0 fully saturated rings. The molecule has 0 heterocycles. The number of amides is 2. The number of carbonyl (C=O) groups is 2. The Balaban J connectivity index is 2.20. The number of alkyl halides is 3. The van der Waals surface area contributed by atoms with Gasteiger partial charge in [0.2, 0.25) is 5.91 Å². The Hall–Kier alpha value is -2.54. The van der Waals surface area contributed by atoms with Crippen molar-refractivity contribution in [1.82, 2.24) is 5.32 Å². The van der Waals surface area contributed by atoms with Gasteiger partial charge >= 0.3 is 6.18 Å². The Kier molecular flexibility index (Phi) is 6.63. The lowest BCUT2D eigenvalue weighted by atomic mass is 9.85. The van der Waals surface area contributed by atoms with E-state index in [2.05, 4.69) is 10.6 Å². The number of hydrogen-bond acceptors (Lipinski definition) is 2. The molecule has 1 atom stereocenters. The summed E-state index contributed by atoms with van der Waals surface area (Å²) in [5.41, 5.74) is -0.803. The van der Waals surface area contributed by atoms with E-state index < -0.39 is 35.0 Å². The fourth-order valence-corrected chi connectivity index (χ4v) is 2.61. The van der Waals surface area contributed by atoms with E-state index in [9.17, 15) is 22.8 Å². The second-order valence-corrected chi connectivity index (χ2v) is 8.17. The summed E-state index contributed by atoms with van der Waals surface area (Å²) in [4.78, 5) is 24.8. The lowest BCUT2D eigenvalue weighted by Gasteiger charge is -2.22. The lowest BCUT2D eigenvalue weighted by Crippen LogP contribution is -2.41. The summed E-state index contributed by atoms with van der Waals surface area (Å²) in [5.74, 6) is -1.27. The molecule has 0 aliphatic carbocycles. The van der Waals surface area contributed by atoms with Gasteiger partial charge < -0.3 is 10.6 Å². The van der Waals surface area contributed by atoms with Crippen LogP contribution < -0.4 is 10.6 Å². The Morgan fingerprint density at radius 1 is 0.966 bits per heavy atom. The molecule has 0 spiro atoms. The van der Waals surface area contributed by atoms with Crippen molar-refractivity contribution in [3.8, 4) is 0 Å². The zero-order valence-electron chi connectivity index (χ0n) is 16.4. The van der Waals surface area contributed by atoms with Crippen LogP contribution in [-0.2, 0) is 16.4 Å². The Morgan fingerprint density at radius 3 is 2.03 bits per heavy atom. The minimum atomic E-state index is -4.59. The molecule has 2 rings (SSSR count). The number of anilines is 1. The molecule has 0 aromatic heterocycles. The van der Waals surface area contributed by atoms with Crippen molar-refractivity contribution < 1.29 is 22.8 Å². The van der Waals surface area contributed by atoms with E-state index in [0.717, 1.165) is 12.1 Å². The maximum Gasteiger partial charge on any atom is 0.416 e. The SMILES string of the molecule is CC(NC(=O)c1cc(C(C)(C)C)cc(C(F)(F)F)c1)C(=O)Nc1ccc(Cl)cc1. The maximum atomic E-state index is 13.3. The zero-order valence-corrected chi connectivity index (χ0v) is 17.2. The summed E-state index contributed by atoms with van der Waals surface area (Å²) in [6.07, 6.45) is -4.59. The van der Waals surface area contributed by atoms with Crippen LogP contribution in [0.5, 0.6) is 0 Å². The number of benzene rings is 2. The van der Waals surface area contributed by atoms with Crippen LogP contribution in [0.25, 0.3) is 0 Å². The minimum absolute atomic E-state index is 0.157. The molecule has 8 heteroatoms. The van der Waals surface area contributed by atoms with E-state index in [4.69, 9.17) is 11.6 Å². The predicted octanol–water partition coefficient (Wildman–Crippen LogP) is 5.41. The Labute approximate surface area is 172 Å². The molecule has 1 unspecified atom stereocenters. The van der Waals surface area contributed by atoms with Gasteiger partial charge in [-0.3, -0.25) is 9.59 Å². The highest BCUT2D eigenvalue weighted by molar-refractivity contribution is 6.30. The van der Waals surface area contributed by atoms with Crippen LogP contribution >= 0.6 is 11.6 Å². The van der Waals surface area contributed by atoms with E-state index >= 15 is 0 Å². The highest BCUT2D eigenvalue weighted by Crippen LogP contribution is 2.34. The van der Waals surface area contributed by atoms with Crippen LogP contribution in [0.2, 0.25) is 5.02 Å². The number of nitrogens with one attached hydrogen (secondary N) is 2. The van der Waals surface area contributed by atoms with Crippen LogP contribution in [0.3, 0.4) is 0 Å². The van der Waals surface area contributed by atoms with Gasteiger partial charge in [0, 0.05) is 16.3 Å². The first-order valence-corrected chi connectivity index (χ1v) is 9.25. The first-order chi connectivity index (χ1) is 13.3. The second kappa shape index (κ2) is 8.45. The molecule has 0 aliphatic rings. The van der Waals surface area contributed by atoms with Gasteiger partial charge in [0.1, 0.15) is 6.04 Å². The van der Waals surface area contributed by atoms with Crippen molar-refractivity contribution in [2.45, 2.75) is 45.3 Å². The number of carbonyl (C=O) groups excluding carboxylic acids is 2. The summed E-state index contributed by atoms with van der Waals surface area (Å²) in [6.45, 7) is 6.71. The summed E-state index contributed by atoms with van der Waals surface area (Å²) in [6, 6.07) is 8.64. The van der Waals surface area contributed by atoms with Gasteiger partial charge in [-0.05, 0) is 60.4 Å². The van der Waals surface area contributed by atoms with Crippen LogP contribution in [-0.4, -0.2) is 17.9 Å². The van der Waals surface area contributed by atoms with Gasteiger partial charge in [-0.1, -0.05) is 32.4 Å². The molecule has 2 aromatic rings. The quantitative estimate of drug-likeness (QED) is 0.686. The fourth-order valence-electron chi connectivity index (χ4n) is 2.48. The molecule has 2 N–H and O–H groups in total. The molecular weight excluding hydrogens is 405 g/mol. The van der Waals surface area contributed by atoms with E-state index in [1.807, 2.05) is 0 Å². The first-order valence-electron chi connectivity index (χ1n) is 8.87. The van der Waals surface area contributed by atoms with Gasteiger partial charge in [-0.25, -0.2) is 0 Å². The van der Waals surface area contributed by atoms with Crippen molar-refractivity contribution in [1.29, 1.82) is 0 Å². The summed E-state index contributed by atoms with van der Waals surface area (Å²) in [7, 11) is 0. The van der Waals surface area contributed by atoms with Crippen molar-refractivity contribution in [3.05, 3.63) is 64.2 Å².